The number of nitrogens with two attached hydrogens (primary N) is 1. The van der Waals surface area contributed by atoms with Crippen LogP contribution in [0.4, 0.5) is 0 Å². The molecule has 8 heavy (non-hydrogen) atoms. The molecule has 0 atom stereocenters. The van der Waals surface area contributed by atoms with Crippen molar-refractivity contribution in [2.24, 2.45) is 10.7 Å². The van der Waals surface area contributed by atoms with Crippen LogP contribution in [-0.2, 0) is 0 Å². The molecule has 0 aliphatic carbocycles. The van der Waals surface area contributed by atoms with Crippen LogP contribution in [0, 0.1) is 0 Å². The first-order valence-corrected chi connectivity index (χ1v) is 2.87. The zero-order chi connectivity index (χ0) is 5.82. The van der Waals surface area contributed by atoms with E-state index in [1.165, 1.54) is 0 Å². The van der Waals surface area contributed by atoms with Crippen LogP contribution in [0.2, 0.25) is 0 Å². The average Bonchev–Trinajstić information content (AvgIpc) is 2.19. The molecule has 0 aromatic carbocycles. The summed E-state index contributed by atoms with van der Waals surface area (Å²) in [6.07, 6.45) is 1.87. The van der Waals surface area contributed by atoms with Gasteiger partial charge in [-0.1, -0.05) is 0 Å². The Hall–Kier alpha value is -0.570. The molecule has 1 rings (SSSR count). The van der Waals surface area contributed by atoms with Crippen LogP contribution < -0.4 is 5.73 Å². The van der Waals surface area contributed by atoms with Crippen LogP contribution in [0.25, 0.3) is 0 Å². The number of aliphatic imine (C=N–C) groups is 1. The number of rotatable bonds is 2. The standard InChI is InChI=1S/C5H11N3/c6-1-3-8-4-2-7-5-8/h5H,1-4,6H2. The van der Waals surface area contributed by atoms with Crippen molar-refractivity contribution in [3.8, 4) is 0 Å². The summed E-state index contributed by atoms with van der Waals surface area (Å²) in [6.45, 7) is 3.67. The summed E-state index contributed by atoms with van der Waals surface area (Å²) in [5.41, 5.74) is 5.30. The summed E-state index contributed by atoms with van der Waals surface area (Å²) in [5, 5.41) is 0. The van der Waals surface area contributed by atoms with Gasteiger partial charge in [-0.25, -0.2) is 0 Å². The van der Waals surface area contributed by atoms with Crippen LogP contribution in [-0.4, -0.2) is 37.4 Å². The third-order valence-electron chi connectivity index (χ3n) is 1.18. The molecular formula is C5H11N3. The van der Waals surface area contributed by atoms with Crippen molar-refractivity contribution < 1.29 is 0 Å². The van der Waals surface area contributed by atoms with Crippen molar-refractivity contribution in [2.75, 3.05) is 26.2 Å². The molecule has 1 aliphatic heterocycles. The van der Waals surface area contributed by atoms with Crippen LogP contribution in [0.15, 0.2) is 4.99 Å². The molecule has 0 bridgehead atoms. The van der Waals surface area contributed by atoms with Crippen molar-refractivity contribution in [1.29, 1.82) is 0 Å². The monoisotopic (exact) mass is 113 g/mol. The Kier molecular flexibility index (Phi) is 1.86. The zero-order valence-corrected chi connectivity index (χ0v) is 4.88. The largest absolute Gasteiger partial charge is 0.360 e. The van der Waals surface area contributed by atoms with Gasteiger partial charge < -0.3 is 10.6 Å². The maximum Gasteiger partial charge on any atom is 0.0851 e. The van der Waals surface area contributed by atoms with Gasteiger partial charge in [0.15, 0.2) is 0 Å². The van der Waals surface area contributed by atoms with E-state index >= 15 is 0 Å². The van der Waals surface area contributed by atoms with Gasteiger partial charge in [0.25, 0.3) is 0 Å². The molecule has 0 fully saturated rings. The van der Waals surface area contributed by atoms with E-state index < -0.39 is 0 Å². The molecule has 0 saturated carbocycles. The lowest BCUT2D eigenvalue weighted by molar-refractivity contribution is 0.478. The molecular weight excluding hydrogens is 102 g/mol. The summed E-state index contributed by atoms with van der Waals surface area (Å²) in [7, 11) is 0. The summed E-state index contributed by atoms with van der Waals surface area (Å²) in [5.74, 6) is 0. The van der Waals surface area contributed by atoms with Crippen LogP contribution in [0.3, 0.4) is 0 Å². The van der Waals surface area contributed by atoms with Gasteiger partial charge in [0, 0.05) is 19.6 Å². The molecule has 46 valence electrons. The fraction of sp³-hybridized carbons (Fsp3) is 0.800. The third kappa shape index (κ3) is 1.20. The summed E-state index contributed by atoms with van der Waals surface area (Å²) >= 11 is 0. The minimum Gasteiger partial charge on any atom is -0.360 e. The predicted octanol–water partition coefficient (Wildman–Crippen LogP) is -0.711. The quantitative estimate of drug-likeness (QED) is 0.514. The molecule has 0 radical (unpaired) electrons. The van der Waals surface area contributed by atoms with E-state index in [2.05, 4.69) is 9.89 Å². The Balaban J connectivity index is 2.16. The summed E-state index contributed by atoms with van der Waals surface area (Å²) < 4.78 is 0. The molecule has 0 aromatic rings. The van der Waals surface area contributed by atoms with Gasteiger partial charge >= 0.3 is 0 Å². The third-order valence-corrected chi connectivity index (χ3v) is 1.18. The second-order valence-electron chi connectivity index (χ2n) is 1.85. The van der Waals surface area contributed by atoms with Crippen molar-refractivity contribution in [3.05, 3.63) is 0 Å². The Bertz CT molecular complexity index is 89.7. The Morgan fingerprint density at radius 1 is 1.75 bits per heavy atom. The molecule has 3 heteroatoms. The first-order valence-electron chi connectivity index (χ1n) is 2.87. The average molecular weight is 113 g/mol. The number of hydrogen-bond acceptors (Lipinski definition) is 3. The zero-order valence-electron chi connectivity index (χ0n) is 4.88. The molecule has 0 aromatic heterocycles. The molecule has 0 saturated heterocycles. The van der Waals surface area contributed by atoms with E-state index in [4.69, 9.17) is 5.73 Å². The van der Waals surface area contributed by atoms with E-state index in [0.717, 1.165) is 26.2 Å². The van der Waals surface area contributed by atoms with Crippen molar-refractivity contribution in [3.63, 3.8) is 0 Å². The first-order chi connectivity index (χ1) is 3.93. The van der Waals surface area contributed by atoms with Gasteiger partial charge in [-0.15, -0.1) is 0 Å². The topological polar surface area (TPSA) is 41.6 Å². The van der Waals surface area contributed by atoms with Gasteiger partial charge in [0.1, 0.15) is 0 Å². The second-order valence-corrected chi connectivity index (χ2v) is 1.85. The normalized spacial score (nSPS) is 17.9. The Labute approximate surface area is 49.2 Å². The Morgan fingerprint density at radius 3 is 3.12 bits per heavy atom. The van der Waals surface area contributed by atoms with Crippen LogP contribution >= 0.6 is 0 Å². The van der Waals surface area contributed by atoms with E-state index in [1.54, 1.807) is 0 Å². The molecule has 0 unspecified atom stereocenters. The van der Waals surface area contributed by atoms with Crippen LogP contribution in [0.1, 0.15) is 0 Å². The van der Waals surface area contributed by atoms with Gasteiger partial charge in [0.05, 0.1) is 12.9 Å². The first kappa shape index (κ1) is 5.56. The highest BCUT2D eigenvalue weighted by Crippen LogP contribution is 1.89. The Morgan fingerprint density at radius 2 is 2.62 bits per heavy atom. The maximum absolute atomic E-state index is 5.30. The highest BCUT2D eigenvalue weighted by molar-refractivity contribution is 5.56. The fourth-order valence-corrected chi connectivity index (χ4v) is 0.752. The molecule has 0 spiro atoms. The van der Waals surface area contributed by atoms with Crippen LogP contribution in [0.5, 0.6) is 0 Å². The molecule has 2 N–H and O–H groups in total. The van der Waals surface area contributed by atoms with Gasteiger partial charge in [-0.2, -0.15) is 0 Å². The van der Waals surface area contributed by atoms with Crippen molar-refractivity contribution >= 4 is 6.34 Å². The molecule has 1 aliphatic rings. The highest BCUT2D eigenvalue weighted by atomic mass is 15.2. The smallest absolute Gasteiger partial charge is 0.0851 e. The molecule has 3 nitrogen and oxygen atoms in total. The lowest BCUT2D eigenvalue weighted by atomic mass is 10.5. The number of hydrogen-bond donors (Lipinski definition) is 1. The van der Waals surface area contributed by atoms with E-state index in [9.17, 15) is 0 Å². The van der Waals surface area contributed by atoms with Crippen molar-refractivity contribution in [2.45, 2.75) is 0 Å². The second kappa shape index (κ2) is 2.67. The van der Waals surface area contributed by atoms with Gasteiger partial charge in [-0.05, 0) is 0 Å². The van der Waals surface area contributed by atoms with Crippen molar-refractivity contribution in [1.82, 2.24) is 4.90 Å². The minimum atomic E-state index is 0.728. The van der Waals surface area contributed by atoms with Gasteiger partial charge in [-0.3, -0.25) is 4.99 Å². The lowest BCUT2D eigenvalue weighted by Gasteiger charge is -2.09. The maximum atomic E-state index is 5.30. The fourth-order valence-electron chi connectivity index (χ4n) is 0.752. The van der Waals surface area contributed by atoms with Gasteiger partial charge in [0.2, 0.25) is 0 Å². The SMILES string of the molecule is NCCN1C=NCC1. The highest BCUT2D eigenvalue weighted by Gasteiger charge is 2.01. The van der Waals surface area contributed by atoms with E-state index in [1.807, 2.05) is 6.34 Å². The van der Waals surface area contributed by atoms with E-state index in [-0.39, 0.29) is 0 Å². The predicted molar refractivity (Wildman–Crippen MR) is 34.0 cm³/mol. The lowest BCUT2D eigenvalue weighted by Crippen LogP contribution is -2.26. The summed E-state index contributed by atoms with van der Waals surface area (Å²) in [6, 6.07) is 0. The minimum absolute atomic E-state index is 0.728. The summed E-state index contributed by atoms with van der Waals surface area (Å²) in [4.78, 5) is 6.15. The molecule has 0 amide bonds. The van der Waals surface area contributed by atoms with E-state index in [0.29, 0.717) is 0 Å². The molecule has 1 heterocycles. The number of nitrogens with zero attached hydrogens (tertiary/aromatic N) is 2.